The number of thiophene rings is 1. The van der Waals surface area contributed by atoms with Gasteiger partial charge in [0.2, 0.25) is 0 Å². The summed E-state index contributed by atoms with van der Waals surface area (Å²) in [6, 6.07) is 5.54. The molecule has 5 heteroatoms. The molecule has 0 spiro atoms. The third kappa shape index (κ3) is 2.93. The van der Waals surface area contributed by atoms with Crippen LogP contribution in [0, 0.1) is 6.92 Å². The van der Waals surface area contributed by atoms with Gasteiger partial charge in [-0.05, 0) is 25.3 Å². The average molecular weight is 277 g/mol. The quantitative estimate of drug-likeness (QED) is 0.934. The standard InChI is InChI=1S/C14H15NO3S/c1-9(6-11-4-3-5-19-11)15-8-12(14(17)18)13(16)7-10(15)2/h3-5,7-9H,6H2,1-2H3,(H,17,18). The molecule has 0 fully saturated rings. The van der Waals surface area contributed by atoms with Crippen LogP contribution in [0.5, 0.6) is 0 Å². The lowest BCUT2D eigenvalue weighted by molar-refractivity contribution is 0.0694. The van der Waals surface area contributed by atoms with Gasteiger partial charge in [-0.15, -0.1) is 11.3 Å². The Labute approximate surface area is 115 Å². The van der Waals surface area contributed by atoms with E-state index in [2.05, 4.69) is 6.07 Å². The molecule has 19 heavy (non-hydrogen) atoms. The molecule has 0 saturated carbocycles. The van der Waals surface area contributed by atoms with Crippen molar-refractivity contribution in [3.05, 3.63) is 56.1 Å². The van der Waals surface area contributed by atoms with Crippen molar-refractivity contribution in [2.24, 2.45) is 0 Å². The Balaban J connectivity index is 2.36. The van der Waals surface area contributed by atoms with Gasteiger partial charge in [-0.1, -0.05) is 6.07 Å². The third-order valence-corrected chi connectivity index (χ3v) is 3.96. The molecule has 1 atom stereocenters. The first-order valence-electron chi connectivity index (χ1n) is 5.97. The van der Waals surface area contributed by atoms with Gasteiger partial charge in [0, 0.05) is 35.3 Å². The minimum absolute atomic E-state index is 0.109. The maximum atomic E-state index is 11.6. The Hall–Kier alpha value is -1.88. The van der Waals surface area contributed by atoms with Crippen molar-refractivity contribution in [2.45, 2.75) is 26.3 Å². The maximum Gasteiger partial charge on any atom is 0.341 e. The number of aromatic carboxylic acids is 1. The second kappa shape index (κ2) is 5.40. The fourth-order valence-corrected chi connectivity index (χ4v) is 2.93. The van der Waals surface area contributed by atoms with E-state index >= 15 is 0 Å². The second-order valence-corrected chi connectivity index (χ2v) is 5.57. The van der Waals surface area contributed by atoms with Crippen molar-refractivity contribution in [3.63, 3.8) is 0 Å². The van der Waals surface area contributed by atoms with E-state index in [-0.39, 0.29) is 11.6 Å². The van der Waals surface area contributed by atoms with Gasteiger partial charge in [0.25, 0.3) is 0 Å². The van der Waals surface area contributed by atoms with Crippen LogP contribution >= 0.6 is 11.3 Å². The van der Waals surface area contributed by atoms with Gasteiger partial charge in [0.1, 0.15) is 5.56 Å². The Morgan fingerprint density at radius 3 is 2.84 bits per heavy atom. The van der Waals surface area contributed by atoms with Crippen LogP contribution in [0.2, 0.25) is 0 Å². The predicted octanol–water partition coefficient (Wildman–Crippen LogP) is 2.72. The van der Waals surface area contributed by atoms with Crippen LogP contribution in [0.4, 0.5) is 0 Å². The van der Waals surface area contributed by atoms with Crippen LogP contribution in [-0.4, -0.2) is 15.6 Å². The highest BCUT2D eigenvalue weighted by molar-refractivity contribution is 7.09. The van der Waals surface area contributed by atoms with Gasteiger partial charge in [-0.3, -0.25) is 4.79 Å². The summed E-state index contributed by atoms with van der Waals surface area (Å²) in [5, 5.41) is 11.0. The highest BCUT2D eigenvalue weighted by Gasteiger charge is 2.14. The summed E-state index contributed by atoms with van der Waals surface area (Å²) in [7, 11) is 0. The molecule has 0 bridgehead atoms. The molecule has 4 nitrogen and oxygen atoms in total. The van der Waals surface area contributed by atoms with Gasteiger partial charge in [0.05, 0.1) is 0 Å². The smallest absolute Gasteiger partial charge is 0.341 e. The molecule has 2 aromatic rings. The summed E-state index contributed by atoms with van der Waals surface area (Å²) in [4.78, 5) is 23.8. The Morgan fingerprint density at radius 2 is 2.26 bits per heavy atom. The molecule has 1 N–H and O–H groups in total. The number of carboxylic acids is 1. The minimum atomic E-state index is -1.18. The van der Waals surface area contributed by atoms with Crippen LogP contribution in [0.1, 0.15) is 33.9 Å². The summed E-state index contributed by atoms with van der Waals surface area (Å²) in [5.74, 6) is -1.18. The van der Waals surface area contributed by atoms with Gasteiger partial charge in [0.15, 0.2) is 5.43 Å². The van der Waals surface area contributed by atoms with Crippen LogP contribution < -0.4 is 5.43 Å². The molecule has 0 radical (unpaired) electrons. The Morgan fingerprint density at radius 1 is 1.53 bits per heavy atom. The van der Waals surface area contributed by atoms with Crippen LogP contribution in [-0.2, 0) is 6.42 Å². The molecule has 2 heterocycles. The zero-order valence-corrected chi connectivity index (χ0v) is 11.6. The van der Waals surface area contributed by atoms with Gasteiger partial charge in [-0.2, -0.15) is 0 Å². The third-order valence-electron chi connectivity index (χ3n) is 3.06. The van der Waals surface area contributed by atoms with Crippen molar-refractivity contribution < 1.29 is 9.90 Å². The highest BCUT2D eigenvalue weighted by atomic mass is 32.1. The number of carboxylic acid groups (broad SMARTS) is 1. The van der Waals surface area contributed by atoms with Crippen molar-refractivity contribution in [1.29, 1.82) is 0 Å². The number of pyridine rings is 1. The lowest BCUT2D eigenvalue weighted by Crippen LogP contribution is -2.21. The van der Waals surface area contributed by atoms with E-state index in [4.69, 9.17) is 5.11 Å². The van der Waals surface area contributed by atoms with E-state index < -0.39 is 11.4 Å². The Bertz CT molecular complexity index is 643. The molecule has 0 aromatic carbocycles. The number of nitrogens with zero attached hydrogens (tertiary/aromatic N) is 1. The van der Waals surface area contributed by atoms with Crippen LogP contribution in [0.15, 0.2) is 34.6 Å². The molecule has 0 aliphatic carbocycles. The minimum Gasteiger partial charge on any atom is -0.477 e. The van der Waals surface area contributed by atoms with Crippen LogP contribution in [0.25, 0.3) is 0 Å². The van der Waals surface area contributed by atoms with Crippen molar-refractivity contribution >= 4 is 17.3 Å². The molecule has 2 aromatic heterocycles. The monoisotopic (exact) mass is 277 g/mol. The summed E-state index contributed by atoms with van der Waals surface area (Å²) >= 11 is 1.67. The van der Waals surface area contributed by atoms with E-state index in [1.54, 1.807) is 11.3 Å². The first-order chi connectivity index (χ1) is 8.99. The number of aryl methyl sites for hydroxylation is 1. The molecule has 0 aliphatic rings. The first-order valence-corrected chi connectivity index (χ1v) is 6.85. The van der Waals surface area contributed by atoms with Crippen molar-refractivity contribution in [3.8, 4) is 0 Å². The van der Waals surface area contributed by atoms with Crippen molar-refractivity contribution in [2.75, 3.05) is 0 Å². The Kier molecular flexibility index (Phi) is 3.85. The summed E-state index contributed by atoms with van der Waals surface area (Å²) in [5.41, 5.74) is 0.159. The summed E-state index contributed by atoms with van der Waals surface area (Å²) < 4.78 is 1.85. The van der Waals surface area contributed by atoms with E-state index in [1.165, 1.54) is 17.1 Å². The van der Waals surface area contributed by atoms with Gasteiger partial charge < -0.3 is 9.67 Å². The van der Waals surface area contributed by atoms with E-state index in [0.717, 1.165) is 12.1 Å². The lowest BCUT2D eigenvalue weighted by Gasteiger charge is -2.18. The zero-order chi connectivity index (χ0) is 14.0. The molecule has 0 saturated heterocycles. The molecule has 0 amide bonds. The zero-order valence-electron chi connectivity index (χ0n) is 10.8. The van der Waals surface area contributed by atoms with E-state index in [0.29, 0.717) is 0 Å². The molecular formula is C14H15NO3S. The number of hydrogen-bond acceptors (Lipinski definition) is 3. The highest BCUT2D eigenvalue weighted by Crippen LogP contribution is 2.19. The summed E-state index contributed by atoms with van der Waals surface area (Å²) in [6.07, 6.45) is 2.26. The SMILES string of the molecule is Cc1cc(=O)c(C(=O)O)cn1C(C)Cc1cccs1. The van der Waals surface area contributed by atoms with E-state index in [9.17, 15) is 9.59 Å². The van der Waals surface area contributed by atoms with Crippen LogP contribution in [0.3, 0.4) is 0 Å². The average Bonchev–Trinajstić information content (AvgIpc) is 2.81. The molecule has 2 rings (SSSR count). The number of aromatic nitrogens is 1. The fourth-order valence-electron chi connectivity index (χ4n) is 2.10. The number of hydrogen-bond donors (Lipinski definition) is 1. The fraction of sp³-hybridized carbons (Fsp3) is 0.286. The lowest BCUT2D eigenvalue weighted by atomic mass is 10.1. The largest absolute Gasteiger partial charge is 0.477 e. The first kappa shape index (κ1) is 13.5. The van der Waals surface area contributed by atoms with Crippen molar-refractivity contribution in [1.82, 2.24) is 4.57 Å². The molecule has 100 valence electrons. The maximum absolute atomic E-state index is 11.6. The van der Waals surface area contributed by atoms with Gasteiger partial charge in [-0.25, -0.2) is 4.79 Å². The molecule has 1 unspecified atom stereocenters. The summed E-state index contributed by atoms with van der Waals surface area (Å²) in [6.45, 7) is 3.83. The van der Waals surface area contributed by atoms with Gasteiger partial charge >= 0.3 is 5.97 Å². The van der Waals surface area contributed by atoms with E-state index in [1.807, 2.05) is 29.9 Å². The number of rotatable bonds is 4. The topological polar surface area (TPSA) is 59.3 Å². The number of carbonyl (C=O) groups is 1. The second-order valence-electron chi connectivity index (χ2n) is 4.54. The molecule has 0 aliphatic heterocycles. The normalized spacial score (nSPS) is 12.3. The molecular weight excluding hydrogens is 262 g/mol. The predicted molar refractivity (Wildman–Crippen MR) is 75.1 cm³/mol.